The molecule has 0 aliphatic rings. The van der Waals surface area contributed by atoms with E-state index < -0.39 is 0 Å². The maximum absolute atomic E-state index is 5.78. The minimum atomic E-state index is 0.106. The van der Waals surface area contributed by atoms with Crippen LogP contribution in [0.15, 0.2) is 0 Å². The van der Waals surface area contributed by atoms with Gasteiger partial charge in [0, 0.05) is 6.54 Å². The first-order valence-electron chi connectivity index (χ1n) is 3.64. The lowest BCUT2D eigenvalue weighted by atomic mass is 10.5. The van der Waals surface area contributed by atoms with Crippen LogP contribution in [-0.4, -0.2) is 25.0 Å². The minimum Gasteiger partial charge on any atom is -0.227 e. The van der Waals surface area contributed by atoms with Gasteiger partial charge >= 0.3 is 0 Å². The molecule has 13 heavy (non-hydrogen) atoms. The molecule has 0 fully saturated rings. The Kier molecular flexibility index (Phi) is 2.05. The summed E-state index contributed by atoms with van der Waals surface area (Å²) in [4.78, 5) is 7.73. The van der Waals surface area contributed by atoms with Gasteiger partial charge < -0.3 is 0 Å². The molecule has 0 saturated carbocycles. The second-order valence-electron chi connectivity index (χ2n) is 2.36. The molecule has 0 N–H and O–H groups in total. The highest BCUT2D eigenvalue weighted by Gasteiger charge is 2.10. The number of hydrogen-bond donors (Lipinski definition) is 0. The van der Waals surface area contributed by atoms with Gasteiger partial charge in [-0.2, -0.15) is 4.98 Å². The molecule has 0 radical (unpaired) electrons. The van der Waals surface area contributed by atoms with Crippen LogP contribution in [0.4, 0.5) is 0 Å². The van der Waals surface area contributed by atoms with E-state index in [1.54, 1.807) is 4.68 Å². The molecule has 0 unspecified atom stereocenters. The van der Waals surface area contributed by atoms with Gasteiger partial charge in [-0.1, -0.05) is 16.8 Å². The van der Waals surface area contributed by atoms with Crippen molar-refractivity contribution in [2.75, 3.05) is 0 Å². The van der Waals surface area contributed by atoms with Crippen molar-refractivity contribution in [2.24, 2.45) is 0 Å². The zero-order chi connectivity index (χ0) is 9.42. The van der Waals surface area contributed by atoms with Crippen LogP contribution >= 0.6 is 23.2 Å². The van der Waals surface area contributed by atoms with Crippen LogP contribution in [0.2, 0.25) is 10.4 Å². The third-order valence-corrected chi connectivity index (χ3v) is 2.03. The molecule has 7 heteroatoms. The second-order valence-corrected chi connectivity index (χ2v) is 3.06. The molecule has 5 nitrogen and oxygen atoms in total. The second kappa shape index (κ2) is 3.08. The molecule has 2 rings (SSSR count). The lowest BCUT2D eigenvalue weighted by molar-refractivity contribution is 0.641. The van der Waals surface area contributed by atoms with Crippen molar-refractivity contribution in [3.05, 3.63) is 10.4 Å². The normalized spacial score (nSPS) is 11.0. The predicted molar refractivity (Wildman–Crippen MR) is 48.8 cm³/mol. The maximum atomic E-state index is 5.78. The number of rotatable bonds is 1. The molecule has 0 amide bonds. The first-order valence-corrected chi connectivity index (χ1v) is 4.40. The Labute approximate surface area is 83.7 Å². The van der Waals surface area contributed by atoms with Crippen LogP contribution in [0.5, 0.6) is 0 Å². The number of fused-ring (bicyclic) bond motifs is 1. The molecule has 0 bridgehead atoms. The summed E-state index contributed by atoms with van der Waals surface area (Å²) in [5.74, 6) is 0. The van der Waals surface area contributed by atoms with Gasteiger partial charge in [-0.05, 0) is 18.5 Å². The Morgan fingerprint density at radius 3 is 2.77 bits per heavy atom. The number of aromatic nitrogens is 5. The van der Waals surface area contributed by atoms with Gasteiger partial charge in [0.25, 0.3) is 0 Å². The smallest absolute Gasteiger partial charge is 0.225 e. The molecule has 0 aliphatic heterocycles. The van der Waals surface area contributed by atoms with Crippen molar-refractivity contribution < 1.29 is 0 Å². The Morgan fingerprint density at radius 1 is 1.31 bits per heavy atom. The highest BCUT2D eigenvalue weighted by molar-refractivity contribution is 6.35. The summed E-state index contributed by atoms with van der Waals surface area (Å²) in [7, 11) is 0. The maximum Gasteiger partial charge on any atom is 0.225 e. The molecule has 0 aromatic carbocycles. The fourth-order valence-corrected chi connectivity index (χ4v) is 1.42. The molecule has 0 atom stereocenters. The van der Waals surface area contributed by atoms with Crippen LogP contribution in [-0.2, 0) is 6.54 Å². The highest BCUT2D eigenvalue weighted by Crippen LogP contribution is 2.18. The SMILES string of the molecule is CCn1nnc2c(Cl)nc(Cl)nc21. The Bertz CT molecular complexity index is 451. The number of hydrogen-bond acceptors (Lipinski definition) is 4. The van der Waals surface area contributed by atoms with Gasteiger partial charge in [0.15, 0.2) is 16.3 Å². The quantitative estimate of drug-likeness (QED) is 0.538. The summed E-state index contributed by atoms with van der Waals surface area (Å²) >= 11 is 11.4. The van der Waals surface area contributed by atoms with Crippen molar-refractivity contribution in [2.45, 2.75) is 13.5 Å². The fourth-order valence-electron chi connectivity index (χ4n) is 1.01. The molecule has 2 aromatic rings. The summed E-state index contributed by atoms with van der Waals surface area (Å²) in [5, 5.41) is 8.00. The van der Waals surface area contributed by atoms with Crippen molar-refractivity contribution in [1.29, 1.82) is 0 Å². The Hall–Kier alpha value is -0.940. The Morgan fingerprint density at radius 2 is 2.08 bits per heavy atom. The lowest BCUT2D eigenvalue weighted by Crippen LogP contribution is -1.98. The lowest BCUT2D eigenvalue weighted by Gasteiger charge is -1.95. The molecule has 68 valence electrons. The van der Waals surface area contributed by atoms with Gasteiger partial charge in [-0.25, -0.2) is 9.67 Å². The standard InChI is InChI=1S/C6H5Cl2N5/c1-2-13-5-3(11-12-13)4(7)9-6(8)10-5/h2H2,1H3. The van der Waals surface area contributed by atoms with Gasteiger partial charge in [-0.15, -0.1) is 5.10 Å². The third-order valence-electron chi connectivity index (χ3n) is 1.59. The average Bonchev–Trinajstić information content (AvgIpc) is 2.47. The monoisotopic (exact) mass is 217 g/mol. The van der Waals surface area contributed by atoms with Gasteiger partial charge in [-0.3, -0.25) is 0 Å². The van der Waals surface area contributed by atoms with Crippen molar-refractivity contribution >= 4 is 34.4 Å². The zero-order valence-electron chi connectivity index (χ0n) is 6.70. The van der Waals surface area contributed by atoms with Gasteiger partial charge in [0.2, 0.25) is 5.28 Å². The van der Waals surface area contributed by atoms with E-state index in [-0.39, 0.29) is 10.4 Å². The Balaban J connectivity index is 2.82. The van der Waals surface area contributed by atoms with E-state index in [0.29, 0.717) is 17.7 Å². The van der Waals surface area contributed by atoms with Crippen molar-refractivity contribution in [1.82, 2.24) is 25.0 Å². The van der Waals surface area contributed by atoms with Crippen LogP contribution < -0.4 is 0 Å². The van der Waals surface area contributed by atoms with Crippen LogP contribution in [0.1, 0.15) is 6.92 Å². The molecule has 0 saturated heterocycles. The van der Waals surface area contributed by atoms with Crippen LogP contribution in [0.3, 0.4) is 0 Å². The molecule has 0 aliphatic carbocycles. The van der Waals surface area contributed by atoms with E-state index in [2.05, 4.69) is 20.3 Å². The minimum absolute atomic E-state index is 0.106. The van der Waals surface area contributed by atoms with E-state index >= 15 is 0 Å². The molecular weight excluding hydrogens is 213 g/mol. The van der Waals surface area contributed by atoms with Gasteiger partial charge in [0.05, 0.1) is 0 Å². The van der Waals surface area contributed by atoms with Crippen molar-refractivity contribution in [3.63, 3.8) is 0 Å². The molecular formula is C6H5Cl2N5. The van der Waals surface area contributed by atoms with Gasteiger partial charge in [0.1, 0.15) is 0 Å². The first kappa shape index (κ1) is 8.65. The zero-order valence-corrected chi connectivity index (χ0v) is 8.21. The fraction of sp³-hybridized carbons (Fsp3) is 0.333. The predicted octanol–water partition coefficient (Wildman–Crippen LogP) is 1.55. The first-order chi connectivity index (χ1) is 6.22. The topological polar surface area (TPSA) is 56.5 Å². The van der Waals surface area contributed by atoms with E-state index in [0.717, 1.165) is 0 Å². The number of halogens is 2. The summed E-state index contributed by atoms with van der Waals surface area (Å²) in [6.07, 6.45) is 0. The number of nitrogens with zero attached hydrogens (tertiary/aromatic N) is 5. The summed E-state index contributed by atoms with van der Waals surface area (Å²) < 4.78 is 1.61. The van der Waals surface area contributed by atoms with Crippen molar-refractivity contribution in [3.8, 4) is 0 Å². The largest absolute Gasteiger partial charge is 0.227 e. The number of aryl methyl sites for hydroxylation is 1. The van der Waals surface area contributed by atoms with E-state index in [4.69, 9.17) is 23.2 Å². The third kappa shape index (κ3) is 1.34. The van der Waals surface area contributed by atoms with E-state index in [9.17, 15) is 0 Å². The summed E-state index contributed by atoms with van der Waals surface area (Å²) in [6.45, 7) is 2.60. The average molecular weight is 218 g/mol. The van der Waals surface area contributed by atoms with E-state index in [1.807, 2.05) is 6.92 Å². The van der Waals surface area contributed by atoms with Crippen LogP contribution in [0, 0.1) is 0 Å². The molecule has 0 spiro atoms. The summed E-state index contributed by atoms with van der Waals surface area (Å²) in [6, 6.07) is 0. The van der Waals surface area contributed by atoms with E-state index in [1.165, 1.54) is 0 Å². The highest BCUT2D eigenvalue weighted by atomic mass is 35.5. The molecule has 2 heterocycles. The van der Waals surface area contributed by atoms with Crippen LogP contribution in [0.25, 0.3) is 11.2 Å². The molecule has 2 aromatic heterocycles. The summed E-state index contributed by atoms with van der Waals surface area (Å²) in [5.41, 5.74) is 1.04.